The highest BCUT2D eigenvalue weighted by Gasteiger charge is 2.20. The van der Waals surface area contributed by atoms with Crippen LogP contribution in [0.4, 0.5) is 0 Å². The largest absolute Gasteiger partial charge is 0.394 e. The normalized spacial score (nSPS) is 13.3. The Kier molecular flexibility index (Phi) is 59.2. The van der Waals surface area contributed by atoms with Crippen LogP contribution in [0.15, 0.2) is 72.9 Å². The second kappa shape index (κ2) is 61.1. The maximum Gasteiger partial charge on any atom is 0.220 e. The molecule has 0 radical (unpaired) electrons. The van der Waals surface area contributed by atoms with Gasteiger partial charge in [0, 0.05) is 6.42 Å². The first-order valence-electron chi connectivity index (χ1n) is 31.1. The molecule has 0 aliphatic carbocycles. The Morgan fingerprint density at radius 2 is 0.629 bits per heavy atom. The molecule has 0 aromatic rings. The molecule has 0 aromatic heterocycles. The van der Waals surface area contributed by atoms with Crippen LogP contribution in [-0.2, 0) is 4.79 Å². The van der Waals surface area contributed by atoms with Crippen LogP contribution in [0.5, 0.6) is 0 Å². The van der Waals surface area contributed by atoms with Gasteiger partial charge in [0.05, 0.1) is 18.8 Å². The van der Waals surface area contributed by atoms with Crippen molar-refractivity contribution in [3.8, 4) is 0 Å². The Morgan fingerprint density at radius 1 is 0.357 bits per heavy atom. The number of nitrogens with one attached hydrogen (secondary N) is 1. The van der Waals surface area contributed by atoms with E-state index in [1.807, 2.05) is 0 Å². The van der Waals surface area contributed by atoms with Crippen LogP contribution in [0, 0.1) is 0 Å². The highest BCUT2D eigenvalue weighted by molar-refractivity contribution is 5.76. The van der Waals surface area contributed by atoms with Crippen molar-refractivity contribution in [1.82, 2.24) is 5.32 Å². The smallest absolute Gasteiger partial charge is 0.220 e. The molecular weight excluding hydrogens is 855 g/mol. The Bertz CT molecular complexity index is 1200. The Morgan fingerprint density at radius 3 is 0.943 bits per heavy atom. The Balaban J connectivity index is 3.41. The number of amides is 1. The van der Waals surface area contributed by atoms with Crippen molar-refractivity contribution in [3.63, 3.8) is 0 Å². The summed E-state index contributed by atoms with van der Waals surface area (Å²) in [7, 11) is 0. The van der Waals surface area contributed by atoms with Gasteiger partial charge < -0.3 is 15.5 Å². The number of aliphatic hydroxyl groups is 2. The molecule has 0 aromatic carbocycles. The summed E-state index contributed by atoms with van der Waals surface area (Å²) >= 11 is 0. The molecule has 0 spiro atoms. The minimum Gasteiger partial charge on any atom is -0.394 e. The first kappa shape index (κ1) is 67.8. The van der Waals surface area contributed by atoms with Crippen molar-refractivity contribution >= 4 is 5.91 Å². The molecular formula is C66H121NO3. The van der Waals surface area contributed by atoms with Crippen LogP contribution >= 0.6 is 0 Å². The zero-order chi connectivity index (χ0) is 50.6. The summed E-state index contributed by atoms with van der Waals surface area (Å²) in [6, 6.07) is -0.536. The third-order valence-electron chi connectivity index (χ3n) is 14.2. The molecule has 0 aliphatic rings. The van der Waals surface area contributed by atoms with Gasteiger partial charge in [-0.25, -0.2) is 0 Å². The first-order valence-corrected chi connectivity index (χ1v) is 31.1. The molecule has 1 amide bonds. The van der Waals surface area contributed by atoms with Crippen LogP contribution in [0.2, 0.25) is 0 Å². The van der Waals surface area contributed by atoms with Gasteiger partial charge in [0.2, 0.25) is 5.91 Å². The molecule has 0 heterocycles. The number of carbonyl (C=O) groups excluding carboxylic acids is 1. The van der Waals surface area contributed by atoms with Crippen LogP contribution in [0.3, 0.4) is 0 Å². The van der Waals surface area contributed by atoms with Gasteiger partial charge >= 0.3 is 0 Å². The molecule has 70 heavy (non-hydrogen) atoms. The Hall–Kier alpha value is -2.17. The standard InChI is InChI=1S/C66H121NO3/c1-3-5-7-9-11-13-15-17-19-21-22-23-24-25-26-27-28-29-30-31-32-33-34-35-36-37-38-39-40-41-42-43-44-46-48-50-52-54-56-58-60-62-66(70)67-64(63-68)65(69)61-59-57-55-53-51-49-47-45-20-18-16-14-12-10-8-6-4-2/h5,7,11,13,17,19,22-23,25-26,28-29,64-65,68-69H,3-4,6,8-10,12,14-16,18,20-21,24,27,30-63H2,1-2H3,(H,67,70)/b7-5-,13-11-,19-17-,23-22-,26-25-,29-28-. The SMILES string of the molecule is CC/C=C\C/C=C\C/C=C\C/C=C\C/C=C\C/C=C\CCCCCCCCCCCCCCCCCCCCCCCCC(=O)NC(CO)C(O)CCCCCCCCCCCCCCCCCCC. The lowest BCUT2D eigenvalue weighted by molar-refractivity contribution is -0.123. The summed E-state index contributed by atoms with van der Waals surface area (Å²) in [5.74, 6) is -0.0266. The molecule has 408 valence electrons. The van der Waals surface area contributed by atoms with E-state index in [0.29, 0.717) is 12.8 Å². The fourth-order valence-corrected chi connectivity index (χ4v) is 9.54. The lowest BCUT2D eigenvalue weighted by atomic mass is 10.0. The summed E-state index contributed by atoms with van der Waals surface area (Å²) in [5, 5.41) is 23.3. The second-order valence-electron chi connectivity index (χ2n) is 21.1. The summed E-state index contributed by atoms with van der Waals surface area (Å²) < 4.78 is 0. The summed E-state index contributed by atoms with van der Waals surface area (Å²) in [6.45, 7) is 4.27. The topological polar surface area (TPSA) is 69.6 Å². The predicted octanol–water partition coefficient (Wildman–Crippen LogP) is 20.9. The fourth-order valence-electron chi connectivity index (χ4n) is 9.54. The molecule has 0 fully saturated rings. The molecule has 0 aliphatic heterocycles. The molecule has 2 atom stereocenters. The molecule has 0 rings (SSSR count). The first-order chi connectivity index (χ1) is 34.7. The van der Waals surface area contributed by atoms with Crippen molar-refractivity contribution < 1.29 is 15.0 Å². The van der Waals surface area contributed by atoms with Gasteiger partial charge in [-0.1, -0.05) is 324 Å². The highest BCUT2D eigenvalue weighted by Crippen LogP contribution is 2.18. The number of hydrogen-bond acceptors (Lipinski definition) is 3. The molecule has 3 N–H and O–H groups in total. The zero-order valence-corrected chi connectivity index (χ0v) is 47.0. The molecule has 2 unspecified atom stereocenters. The molecule has 4 heteroatoms. The quantitative estimate of drug-likeness (QED) is 0.0420. The van der Waals surface area contributed by atoms with Crippen LogP contribution in [0.25, 0.3) is 0 Å². The summed E-state index contributed by atoms with van der Waals surface area (Å²) in [5.41, 5.74) is 0. The van der Waals surface area contributed by atoms with E-state index in [1.165, 1.54) is 231 Å². The summed E-state index contributed by atoms with van der Waals surface area (Å²) in [6.07, 6.45) is 87.8. The van der Waals surface area contributed by atoms with Gasteiger partial charge in [0.15, 0.2) is 0 Å². The van der Waals surface area contributed by atoms with E-state index in [4.69, 9.17) is 0 Å². The van der Waals surface area contributed by atoms with E-state index >= 15 is 0 Å². The minimum atomic E-state index is -0.660. The second-order valence-corrected chi connectivity index (χ2v) is 21.1. The third kappa shape index (κ3) is 56.7. The minimum absolute atomic E-state index is 0.0266. The maximum atomic E-state index is 12.5. The lowest BCUT2D eigenvalue weighted by Crippen LogP contribution is -2.45. The van der Waals surface area contributed by atoms with E-state index in [1.54, 1.807) is 0 Å². The molecule has 4 nitrogen and oxygen atoms in total. The van der Waals surface area contributed by atoms with E-state index in [2.05, 4.69) is 92.1 Å². The monoisotopic (exact) mass is 976 g/mol. The highest BCUT2D eigenvalue weighted by atomic mass is 16.3. The van der Waals surface area contributed by atoms with Crippen molar-refractivity contribution in [2.24, 2.45) is 0 Å². The van der Waals surface area contributed by atoms with Gasteiger partial charge in [0.1, 0.15) is 0 Å². The van der Waals surface area contributed by atoms with Crippen molar-refractivity contribution in [2.75, 3.05) is 6.61 Å². The molecule has 0 saturated heterocycles. The lowest BCUT2D eigenvalue weighted by Gasteiger charge is -2.22. The van der Waals surface area contributed by atoms with Crippen molar-refractivity contribution in [3.05, 3.63) is 72.9 Å². The average molecular weight is 977 g/mol. The maximum absolute atomic E-state index is 12.5. The Labute approximate surface area is 438 Å². The van der Waals surface area contributed by atoms with E-state index in [0.717, 1.165) is 64.2 Å². The average Bonchev–Trinajstić information content (AvgIpc) is 3.36. The van der Waals surface area contributed by atoms with Crippen LogP contribution in [0.1, 0.15) is 322 Å². The number of allylic oxidation sites excluding steroid dienone is 12. The van der Waals surface area contributed by atoms with Gasteiger partial charge in [-0.05, 0) is 64.2 Å². The fraction of sp³-hybridized carbons (Fsp3) is 0.803. The van der Waals surface area contributed by atoms with Gasteiger partial charge in [-0.3, -0.25) is 4.79 Å². The number of rotatable bonds is 57. The van der Waals surface area contributed by atoms with E-state index in [9.17, 15) is 15.0 Å². The van der Waals surface area contributed by atoms with Crippen molar-refractivity contribution in [2.45, 2.75) is 334 Å². The molecule has 0 bridgehead atoms. The summed E-state index contributed by atoms with van der Waals surface area (Å²) in [4.78, 5) is 12.5. The van der Waals surface area contributed by atoms with Gasteiger partial charge in [-0.15, -0.1) is 0 Å². The number of aliphatic hydroxyl groups excluding tert-OH is 2. The number of hydrogen-bond donors (Lipinski definition) is 3. The third-order valence-corrected chi connectivity index (χ3v) is 14.2. The van der Waals surface area contributed by atoms with Crippen LogP contribution < -0.4 is 5.32 Å². The zero-order valence-electron chi connectivity index (χ0n) is 47.0. The number of carbonyl (C=O) groups is 1. The van der Waals surface area contributed by atoms with Gasteiger partial charge in [0.25, 0.3) is 0 Å². The van der Waals surface area contributed by atoms with Crippen LogP contribution in [-0.4, -0.2) is 34.9 Å². The van der Waals surface area contributed by atoms with E-state index in [-0.39, 0.29) is 12.5 Å². The number of unbranched alkanes of at least 4 members (excludes halogenated alkanes) is 38. The predicted molar refractivity (Wildman–Crippen MR) is 313 cm³/mol. The van der Waals surface area contributed by atoms with Crippen molar-refractivity contribution in [1.29, 1.82) is 0 Å². The van der Waals surface area contributed by atoms with Gasteiger partial charge in [-0.2, -0.15) is 0 Å². The van der Waals surface area contributed by atoms with E-state index < -0.39 is 12.1 Å². The molecule has 0 saturated carbocycles.